The zero-order valence-electron chi connectivity index (χ0n) is 16.0. The van der Waals surface area contributed by atoms with Gasteiger partial charge in [-0.3, -0.25) is 0 Å². The van der Waals surface area contributed by atoms with Gasteiger partial charge in [0.1, 0.15) is 0 Å². The molecule has 4 aliphatic rings. The Bertz CT molecular complexity index is 427. The van der Waals surface area contributed by atoms with Crippen LogP contribution in [0, 0.1) is 22.7 Å². The van der Waals surface area contributed by atoms with Crippen LogP contribution in [0.4, 0.5) is 0 Å². The fraction of sp³-hybridized carbons (Fsp3) is 1.00. The first-order valence-corrected chi connectivity index (χ1v) is 11.1. The molecule has 2 saturated heterocycles. The van der Waals surface area contributed by atoms with Crippen molar-refractivity contribution in [2.24, 2.45) is 22.9 Å². The summed E-state index contributed by atoms with van der Waals surface area (Å²) in [6.45, 7) is 6.09. The molecule has 3 unspecified atom stereocenters. The molecule has 2 saturated carbocycles. The second-order valence-corrected chi connectivity index (χ2v) is 9.39. The molecular formula is C21H37N3O. The fourth-order valence-corrected chi connectivity index (χ4v) is 6.25. The van der Waals surface area contributed by atoms with Gasteiger partial charge in [0.05, 0.1) is 6.04 Å². The molecule has 0 spiro atoms. The van der Waals surface area contributed by atoms with Crippen molar-refractivity contribution in [2.75, 3.05) is 32.7 Å². The van der Waals surface area contributed by atoms with Gasteiger partial charge in [0.25, 0.3) is 0 Å². The number of nitroso groups, excluding NO2 is 1. The summed E-state index contributed by atoms with van der Waals surface area (Å²) in [6, 6.07) is 0.989. The summed E-state index contributed by atoms with van der Waals surface area (Å²) >= 11 is 0. The second-order valence-electron chi connectivity index (χ2n) is 9.39. The predicted octanol–water partition coefficient (Wildman–Crippen LogP) is 4.29. The normalized spacial score (nSPS) is 36.9. The number of piperidine rings is 2. The van der Waals surface area contributed by atoms with Crippen molar-refractivity contribution in [3.05, 3.63) is 4.91 Å². The average molecular weight is 348 g/mol. The van der Waals surface area contributed by atoms with Crippen LogP contribution < -0.4 is 0 Å². The third kappa shape index (κ3) is 4.44. The summed E-state index contributed by atoms with van der Waals surface area (Å²) in [5.74, 6) is 3.01. The molecule has 25 heavy (non-hydrogen) atoms. The molecule has 4 nitrogen and oxygen atoms in total. The van der Waals surface area contributed by atoms with Gasteiger partial charge in [0.15, 0.2) is 0 Å². The molecule has 2 aliphatic heterocycles. The Kier molecular flexibility index (Phi) is 6.07. The minimum absolute atomic E-state index is 0.0908. The van der Waals surface area contributed by atoms with Crippen molar-refractivity contribution < 1.29 is 0 Å². The summed E-state index contributed by atoms with van der Waals surface area (Å²) < 4.78 is 0. The highest BCUT2D eigenvalue weighted by molar-refractivity contribution is 4.89. The monoisotopic (exact) mass is 347 g/mol. The van der Waals surface area contributed by atoms with Crippen molar-refractivity contribution in [3.63, 3.8) is 0 Å². The van der Waals surface area contributed by atoms with Gasteiger partial charge in [-0.05, 0) is 75.8 Å². The van der Waals surface area contributed by atoms with E-state index in [-0.39, 0.29) is 6.04 Å². The smallest absolute Gasteiger partial charge is 0.0944 e. The molecule has 0 N–H and O–H groups in total. The maximum atomic E-state index is 10.7. The van der Waals surface area contributed by atoms with Crippen LogP contribution in [0.1, 0.15) is 70.6 Å². The third-order valence-electron chi connectivity index (χ3n) is 7.90. The summed E-state index contributed by atoms with van der Waals surface area (Å²) in [5.41, 5.74) is 0. The van der Waals surface area contributed by atoms with Gasteiger partial charge in [0.2, 0.25) is 0 Å². The van der Waals surface area contributed by atoms with E-state index in [2.05, 4.69) is 15.0 Å². The maximum absolute atomic E-state index is 10.7. The molecule has 2 aliphatic carbocycles. The minimum atomic E-state index is 0.0908. The van der Waals surface area contributed by atoms with Gasteiger partial charge in [0, 0.05) is 25.7 Å². The largest absolute Gasteiger partial charge is 0.303 e. The van der Waals surface area contributed by atoms with Crippen molar-refractivity contribution >= 4 is 0 Å². The standard InChI is InChI=1S/C21H37N3O/c25-22-20-9-11-23(12-10-20)16-17-7-13-24(14-8-17)21-6-5-18-3-1-2-4-19(18)15-21/h17-21H,1-16H2. The first-order valence-electron chi connectivity index (χ1n) is 11.1. The van der Waals surface area contributed by atoms with Gasteiger partial charge in [-0.2, -0.15) is 4.91 Å². The lowest BCUT2D eigenvalue weighted by atomic mass is 9.69. The summed E-state index contributed by atoms with van der Waals surface area (Å²) in [7, 11) is 0. The Hall–Kier alpha value is -0.480. The van der Waals surface area contributed by atoms with Crippen molar-refractivity contribution in [1.82, 2.24) is 9.80 Å². The molecule has 3 atom stereocenters. The van der Waals surface area contributed by atoms with E-state index in [1.807, 2.05) is 0 Å². The molecule has 4 heteroatoms. The fourth-order valence-electron chi connectivity index (χ4n) is 6.25. The summed E-state index contributed by atoms with van der Waals surface area (Å²) in [5, 5.41) is 3.24. The van der Waals surface area contributed by atoms with E-state index >= 15 is 0 Å². The van der Waals surface area contributed by atoms with Crippen LogP contribution in [0.25, 0.3) is 0 Å². The van der Waals surface area contributed by atoms with Crippen molar-refractivity contribution in [3.8, 4) is 0 Å². The molecule has 0 amide bonds. The average Bonchev–Trinajstić information content (AvgIpc) is 2.69. The molecule has 0 aromatic carbocycles. The zero-order valence-corrected chi connectivity index (χ0v) is 16.0. The molecule has 4 fully saturated rings. The van der Waals surface area contributed by atoms with E-state index < -0.39 is 0 Å². The van der Waals surface area contributed by atoms with Crippen LogP contribution in [-0.4, -0.2) is 54.6 Å². The zero-order chi connectivity index (χ0) is 17.1. The Morgan fingerprint density at radius 2 is 1.48 bits per heavy atom. The van der Waals surface area contributed by atoms with E-state index in [9.17, 15) is 4.91 Å². The number of hydrogen-bond acceptors (Lipinski definition) is 4. The molecule has 2 heterocycles. The van der Waals surface area contributed by atoms with Gasteiger partial charge in [-0.15, -0.1) is 0 Å². The Morgan fingerprint density at radius 1 is 0.760 bits per heavy atom. The lowest BCUT2D eigenvalue weighted by Crippen LogP contribution is -2.47. The lowest BCUT2D eigenvalue weighted by Gasteiger charge is -2.46. The van der Waals surface area contributed by atoms with Crippen molar-refractivity contribution in [2.45, 2.75) is 82.7 Å². The lowest BCUT2D eigenvalue weighted by molar-refractivity contribution is 0.0448. The van der Waals surface area contributed by atoms with Crippen LogP contribution in [0.2, 0.25) is 0 Å². The Morgan fingerprint density at radius 3 is 2.20 bits per heavy atom. The van der Waals surface area contributed by atoms with Gasteiger partial charge >= 0.3 is 0 Å². The molecule has 0 aromatic heterocycles. The highest BCUT2D eigenvalue weighted by atomic mass is 16.3. The SMILES string of the molecule is O=NC1CCN(CC2CCN(C3CCC4CCCCC4C3)CC2)CC1. The summed E-state index contributed by atoms with van der Waals surface area (Å²) in [6.07, 6.45) is 15.2. The molecule has 142 valence electrons. The van der Waals surface area contributed by atoms with E-state index in [0.29, 0.717) is 0 Å². The highest BCUT2D eigenvalue weighted by Gasteiger charge is 2.35. The number of nitrogens with zero attached hydrogens (tertiary/aromatic N) is 3. The van der Waals surface area contributed by atoms with Gasteiger partial charge < -0.3 is 9.80 Å². The molecule has 0 aromatic rings. The molecule has 0 bridgehead atoms. The van der Waals surface area contributed by atoms with Crippen LogP contribution >= 0.6 is 0 Å². The Balaban J connectivity index is 1.19. The maximum Gasteiger partial charge on any atom is 0.0944 e. The first-order chi connectivity index (χ1) is 12.3. The van der Waals surface area contributed by atoms with Crippen molar-refractivity contribution in [1.29, 1.82) is 0 Å². The summed E-state index contributed by atoms with van der Waals surface area (Å²) in [4.78, 5) is 16.1. The van der Waals surface area contributed by atoms with E-state index in [1.54, 1.807) is 0 Å². The van der Waals surface area contributed by atoms with Crippen LogP contribution in [0.15, 0.2) is 5.18 Å². The molecular weight excluding hydrogens is 310 g/mol. The minimum Gasteiger partial charge on any atom is -0.303 e. The number of fused-ring (bicyclic) bond motifs is 1. The van der Waals surface area contributed by atoms with E-state index in [1.165, 1.54) is 77.4 Å². The van der Waals surface area contributed by atoms with Crippen LogP contribution in [0.3, 0.4) is 0 Å². The number of rotatable bonds is 4. The van der Waals surface area contributed by atoms with Crippen LogP contribution in [-0.2, 0) is 0 Å². The van der Waals surface area contributed by atoms with E-state index in [0.717, 1.165) is 49.7 Å². The second kappa shape index (κ2) is 8.47. The Labute approximate surface area is 153 Å². The van der Waals surface area contributed by atoms with Gasteiger partial charge in [-0.25, -0.2) is 0 Å². The number of hydrogen-bond donors (Lipinski definition) is 0. The van der Waals surface area contributed by atoms with E-state index in [4.69, 9.17) is 0 Å². The quantitative estimate of drug-likeness (QED) is 0.712. The van der Waals surface area contributed by atoms with Gasteiger partial charge in [-0.1, -0.05) is 30.9 Å². The topological polar surface area (TPSA) is 35.9 Å². The number of likely N-dealkylation sites (tertiary alicyclic amines) is 2. The predicted molar refractivity (Wildman–Crippen MR) is 103 cm³/mol. The molecule has 4 rings (SSSR count). The highest BCUT2D eigenvalue weighted by Crippen LogP contribution is 2.42. The van der Waals surface area contributed by atoms with Crippen LogP contribution in [0.5, 0.6) is 0 Å². The molecule has 0 radical (unpaired) electrons. The third-order valence-corrected chi connectivity index (χ3v) is 7.90. The first kappa shape index (κ1) is 17.9.